The van der Waals surface area contributed by atoms with Gasteiger partial charge in [0.2, 0.25) is 0 Å². The molecule has 3 atom stereocenters. The number of benzene rings is 1. The first kappa shape index (κ1) is 13.6. The van der Waals surface area contributed by atoms with Crippen molar-refractivity contribution in [2.24, 2.45) is 0 Å². The normalized spacial score (nSPS) is 27.1. The van der Waals surface area contributed by atoms with Crippen LogP contribution < -0.4 is 0 Å². The van der Waals surface area contributed by atoms with Crippen molar-refractivity contribution in [2.75, 3.05) is 6.54 Å². The van der Waals surface area contributed by atoms with E-state index in [0.717, 1.165) is 12.1 Å². The summed E-state index contributed by atoms with van der Waals surface area (Å²) in [7, 11) is 0. The highest BCUT2D eigenvalue weighted by atomic mass is 16.3. The molecule has 0 bridgehead atoms. The predicted molar refractivity (Wildman–Crippen MR) is 75.6 cm³/mol. The first-order valence-corrected chi connectivity index (χ1v) is 7.09. The van der Waals surface area contributed by atoms with Crippen LogP contribution in [-0.2, 0) is 0 Å². The van der Waals surface area contributed by atoms with E-state index in [4.69, 9.17) is 0 Å². The highest BCUT2D eigenvalue weighted by Gasteiger charge is 2.27. The van der Waals surface area contributed by atoms with Crippen LogP contribution in [0.5, 0.6) is 0 Å². The van der Waals surface area contributed by atoms with Gasteiger partial charge in [0.1, 0.15) is 0 Å². The molecule has 3 unspecified atom stereocenters. The van der Waals surface area contributed by atoms with E-state index >= 15 is 0 Å². The van der Waals surface area contributed by atoms with Gasteiger partial charge in [0.25, 0.3) is 0 Å². The van der Waals surface area contributed by atoms with E-state index in [1.165, 1.54) is 24.8 Å². The van der Waals surface area contributed by atoms with Crippen molar-refractivity contribution in [2.45, 2.75) is 58.2 Å². The van der Waals surface area contributed by atoms with Gasteiger partial charge in [-0.15, -0.1) is 0 Å². The van der Waals surface area contributed by atoms with Crippen molar-refractivity contribution in [1.82, 2.24) is 4.90 Å². The Labute approximate surface area is 111 Å². The second-order valence-corrected chi connectivity index (χ2v) is 5.70. The Morgan fingerprint density at radius 2 is 1.83 bits per heavy atom. The van der Waals surface area contributed by atoms with Crippen LogP contribution in [0, 0.1) is 6.92 Å². The smallest absolute Gasteiger partial charge is 0.0919 e. The molecule has 0 spiro atoms. The van der Waals surface area contributed by atoms with Crippen molar-refractivity contribution in [1.29, 1.82) is 0 Å². The third-order valence-corrected chi connectivity index (χ3v) is 4.31. The summed E-state index contributed by atoms with van der Waals surface area (Å²) in [6, 6.07) is 9.33. The molecule has 2 rings (SSSR count). The number of hydrogen-bond acceptors (Lipinski definition) is 2. The maximum Gasteiger partial charge on any atom is 0.0919 e. The molecule has 2 nitrogen and oxygen atoms in total. The average Bonchev–Trinajstić information content (AvgIpc) is 2.34. The number of aryl methyl sites for hydroxylation is 1. The van der Waals surface area contributed by atoms with Crippen molar-refractivity contribution >= 4 is 0 Å². The average molecular weight is 247 g/mol. The highest BCUT2D eigenvalue weighted by Crippen LogP contribution is 2.26. The molecule has 0 saturated carbocycles. The number of hydrogen-bond donors (Lipinski definition) is 1. The predicted octanol–water partition coefficient (Wildman–Crippen LogP) is 3.29. The fraction of sp³-hybridized carbons (Fsp3) is 0.625. The first-order chi connectivity index (χ1) is 8.59. The molecule has 0 aromatic heterocycles. The molecule has 1 aromatic rings. The fourth-order valence-electron chi connectivity index (χ4n) is 3.09. The highest BCUT2D eigenvalue weighted by molar-refractivity contribution is 5.27. The Kier molecular flexibility index (Phi) is 4.41. The van der Waals surface area contributed by atoms with Crippen molar-refractivity contribution in [3.8, 4) is 0 Å². The van der Waals surface area contributed by atoms with Crippen LogP contribution >= 0.6 is 0 Å². The third kappa shape index (κ3) is 2.93. The summed E-state index contributed by atoms with van der Waals surface area (Å²) in [5.74, 6) is 0. The van der Waals surface area contributed by atoms with Crippen molar-refractivity contribution < 1.29 is 5.11 Å². The van der Waals surface area contributed by atoms with Gasteiger partial charge in [0.05, 0.1) is 6.10 Å². The zero-order valence-corrected chi connectivity index (χ0v) is 11.8. The summed E-state index contributed by atoms with van der Waals surface area (Å²) in [4.78, 5) is 2.46. The van der Waals surface area contributed by atoms with Gasteiger partial charge in [-0.25, -0.2) is 0 Å². The quantitative estimate of drug-likeness (QED) is 0.886. The van der Waals surface area contributed by atoms with E-state index in [0.29, 0.717) is 12.1 Å². The summed E-state index contributed by atoms with van der Waals surface area (Å²) < 4.78 is 0. The lowest BCUT2D eigenvalue weighted by atomic mass is 9.95. The fourth-order valence-corrected chi connectivity index (χ4v) is 3.09. The first-order valence-electron chi connectivity index (χ1n) is 7.09. The number of rotatable bonds is 3. The van der Waals surface area contributed by atoms with Crippen LogP contribution in [0.4, 0.5) is 0 Å². The van der Waals surface area contributed by atoms with Gasteiger partial charge in [-0.2, -0.15) is 0 Å². The second-order valence-electron chi connectivity index (χ2n) is 5.70. The molecule has 100 valence electrons. The standard InChI is InChI=1S/C16H25NO/c1-12-7-4-5-10-15(12)16(18)11-17-13(2)8-6-9-14(17)3/h4-5,7,10,13-14,16,18H,6,8-9,11H2,1-3H3. The topological polar surface area (TPSA) is 23.5 Å². The van der Waals surface area contributed by atoms with Gasteiger partial charge < -0.3 is 5.11 Å². The lowest BCUT2D eigenvalue weighted by Gasteiger charge is -2.40. The molecule has 1 aliphatic heterocycles. The zero-order valence-electron chi connectivity index (χ0n) is 11.8. The van der Waals surface area contributed by atoms with Gasteiger partial charge in [-0.3, -0.25) is 4.90 Å². The minimum Gasteiger partial charge on any atom is -0.387 e. The molecular weight excluding hydrogens is 222 g/mol. The van der Waals surface area contributed by atoms with Crippen LogP contribution in [0.1, 0.15) is 50.3 Å². The maximum absolute atomic E-state index is 10.4. The molecule has 1 heterocycles. The van der Waals surface area contributed by atoms with Crippen LogP contribution in [0.2, 0.25) is 0 Å². The summed E-state index contributed by atoms with van der Waals surface area (Å²) in [6.07, 6.45) is 3.46. The van der Waals surface area contributed by atoms with Crippen LogP contribution in [0.3, 0.4) is 0 Å². The van der Waals surface area contributed by atoms with Gasteiger partial charge in [-0.1, -0.05) is 30.7 Å². The SMILES string of the molecule is Cc1ccccc1C(O)CN1C(C)CCCC1C. The van der Waals surface area contributed by atoms with Crippen molar-refractivity contribution in [3.63, 3.8) is 0 Å². The van der Waals surface area contributed by atoms with Gasteiger partial charge in [0.15, 0.2) is 0 Å². The summed E-state index contributed by atoms with van der Waals surface area (Å²) in [5, 5.41) is 10.4. The molecule has 0 aliphatic carbocycles. The molecule has 1 aliphatic rings. The molecule has 1 aromatic carbocycles. The number of aliphatic hydroxyl groups is 1. The van der Waals surface area contributed by atoms with E-state index in [-0.39, 0.29) is 6.10 Å². The molecule has 1 saturated heterocycles. The molecule has 18 heavy (non-hydrogen) atoms. The van der Waals surface area contributed by atoms with Gasteiger partial charge in [-0.05, 0) is 44.7 Å². The van der Waals surface area contributed by atoms with E-state index in [9.17, 15) is 5.11 Å². The van der Waals surface area contributed by atoms with Gasteiger partial charge >= 0.3 is 0 Å². The Hall–Kier alpha value is -0.860. The van der Waals surface area contributed by atoms with Crippen molar-refractivity contribution in [3.05, 3.63) is 35.4 Å². The third-order valence-electron chi connectivity index (χ3n) is 4.31. The molecule has 1 N–H and O–H groups in total. The molecular formula is C16H25NO. The monoisotopic (exact) mass is 247 g/mol. The second kappa shape index (κ2) is 5.85. The number of piperidine rings is 1. The number of aliphatic hydroxyl groups excluding tert-OH is 1. The minimum atomic E-state index is -0.366. The number of β-amino-alcohol motifs (C(OH)–C–C–N with tert-alkyl or cyclic N) is 1. The van der Waals surface area contributed by atoms with Gasteiger partial charge in [0, 0.05) is 18.6 Å². The molecule has 0 amide bonds. The molecule has 2 heteroatoms. The Balaban J connectivity index is 2.06. The Bertz CT molecular complexity index is 380. The largest absolute Gasteiger partial charge is 0.387 e. The van der Waals surface area contributed by atoms with Crippen LogP contribution in [0.25, 0.3) is 0 Å². The van der Waals surface area contributed by atoms with E-state index in [1.54, 1.807) is 0 Å². The van der Waals surface area contributed by atoms with E-state index in [1.807, 2.05) is 18.2 Å². The number of likely N-dealkylation sites (tertiary alicyclic amines) is 1. The van der Waals surface area contributed by atoms with E-state index in [2.05, 4.69) is 31.7 Å². The molecule has 1 fully saturated rings. The molecule has 0 radical (unpaired) electrons. The Morgan fingerprint density at radius 1 is 1.22 bits per heavy atom. The zero-order chi connectivity index (χ0) is 13.1. The minimum absolute atomic E-state index is 0.366. The van der Waals surface area contributed by atoms with E-state index < -0.39 is 0 Å². The lowest BCUT2D eigenvalue weighted by Crippen LogP contribution is -2.45. The van der Waals surface area contributed by atoms with Crippen LogP contribution in [-0.4, -0.2) is 28.6 Å². The summed E-state index contributed by atoms with van der Waals surface area (Å²) in [6.45, 7) is 7.38. The Morgan fingerprint density at radius 3 is 2.44 bits per heavy atom. The number of nitrogens with zero attached hydrogens (tertiary/aromatic N) is 1. The summed E-state index contributed by atoms with van der Waals surface area (Å²) >= 11 is 0. The maximum atomic E-state index is 10.4. The van der Waals surface area contributed by atoms with Crippen LogP contribution in [0.15, 0.2) is 24.3 Å². The lowest BCUT2D eigenvalue weighted by molar-refractivity contribution is 0.0409. The summed E-state index contributed by atoms with van der Waals surface area (Å²) in [5.41, 5.74) is 2.25.